The number of hydrogen-bond donors (Lipinski definition) is 2. The molecule has 2 atom stereocenters. The zero-order valence-corrected chi connectivity index (χ0v) is 14.1. The fourth-order valence-corrected chi connectivity index (χ4v) is 3.85. The molecule has 0 saturated heterocycles. The van der Waals surface area contributed by atoms with Crippen LogP contribution in [0.1, 0.15) is 62.0 Å². The van der Waals surface area contributed by atoms with E-state index in [0.717, 1.165) is 31.7 Å². The Labute approximate surface area is 145 Å². The molecule has 2 saturated carbocycles. The molecule has 25 heavy (non-hydrogen) atoms. The quantitative estimate of drug-likeness (QED) is 0.802. The second kappa shape index (κ2) is 6.98. The molecule has 2 aliphatic carbocycles. The Morgan fingerprint density at radius 3 is 2.44 bits per heavy atom. The van der Waals surface area contributed by atoms with Gasteiger partial charge in [-0.2, -0.15) is 13.2 Å². The number of hydrogen-bond acceptors (Lipinski definition) is 2. The van der Waals surface area contributed by atoms with E-state index >= 15 is 0 Å². The van der Waals surface area contributed by atoms with Crippen molar-refractivity contribution in [3.05, 3.63) is 35.4 Å². The fraction of sp³-hybridized carbons (Fsp3) is 0.632. The first-order valence-corrected chi connectivity index (χ1v) is 8.96. The molecular weight excluding hydrogens is 331 g/mol. The molecule has 0 aromatic heterocycles. The topological polar surface area (TPSA) is 49.3 Å². The second-order valence-corrected chi connectivity index (χ2v) is 7.39. The summed E-state index contributed by atoms with van der Waals surface area (Å²) in [4.78, 5) is 12.3. The molecule has 138 valence electrons. The lowest BCUT2D eigenvalue weighted by atomic mass is 9.94. The van der Waals surface area contributed by atoms with E-state index in [4.69, 9.17) is 0 Å². The minimum atomic E-state index is -4.41. The van der Waals surface area contributed by atoms with E-state index in [1.54, 1.807) is 6.07 Å². The third-order valence-corrected chi connectivity index (χ3v) is 5.42. The minimum absolute atomic E-state index is 0.190. The third-order valence-electron chi connectivity index (χ3n) is 5.42. The molecule has 0 aliphatic heterocycles. The van der Waals surface area contributed by atoms with Gasteiger partial charge in [0.1, 0.15) is 0 Å². The van der Waals surface area contributed by atoms with Crippen molar-refractivity contribution in [3.8, 4) is 0 Å². The van der Waals surface area contributed by atoms with Crippen molar-refractivity contribution in [1.82, 2.24) is 5.32 Å². The van der Waals surface area contributed by atoms with Crippen molar-refractivity contribution >= 4 is 5.91 Å². The molecule has 0 bridgehead atoms. The van der Waals surface area contributed by atoms with Gasteiger partial charge in [0.25, 0.3) is 0 Å². The van der Waals surface area contributed by atoms with Crippen LogP contribution in [-0.2, 0) is 11.0 Å². The number of carbonyl (C=O) groups is 1. The Balaban J connectivity index is 1.60. The van der Waals surface area contributed by atoms with E-state index in [1.165, 1.54) is 12.1 Å². The van der Waals surface area contributed by atoms with Crippen LogP contribution in [-0.4, -0.2) is 23.2 Å². The van der Waals surface area contributed by atoms with Crippen molar-refractivity contribution in [2.45, 2.75) is 62.6 Å². The van der Waals surface area contributed by atoms with Crippen LogP contribution < -0.4 is 5.32 Å². The predicted octanol–water partition coefficient (Wildman–Crippen LogP) is 4.01. The molecule has 3 rings (SSSR count). The molecule has 2 N–H and O–H groups in total. The lowest BCUT2D eigenvalue weighted by molar-refractivity contribution is -0.138. The summed E-state index contributed by atoms with van der Waals surface area (Å²) in [7, 11) is 0. The molecule has 2 aliphatic rings. The lowest BCUT2D eigenvalue weighted by Crippen LogP contribution is -2.43. The highest BCUT2D eigenvalue weighted by Crippen LogP contribution is 2.51. The van der Waals surface area contributed by atoms with Crippen LogP contribution in [0.3, 0.4) is 0 Å². The van der Waals surface area contributed by atoms with Gasteiger partial charge in [0.15, 0.2) is 0 Å². The Bertz CT molecular complexity index is 621. The van der Waals surface area contributed by atoms with E-state index in [-0.39, 0.29) is 23.9 Å². The Hall–Kier alpha value is -1.56. The van der Waals surface area contributed by atoms with E-state index in [9.17, 15) is 23.1 Å². The average Bonchev–Trinajstić information content (AvgIpc) is 3.37. The molecular formula is C19H24F3NO2. The van der Waals surface area contributed by atoms with Crippen LogP contribution >= 0.6 is 0 Å². The summed E-state index contributed by atoms with van der Waals surface area (Å²) < 4.78 is 39.3. The Kier molecular flexibility index (Phi) is 5.09. The van der Waals surface area contributed by atoms with Gasteiger partial charge < -0.3 is 10.4 Å². The zero-order chi connectivity index (χ0) is 18.1. The highest BCUT2D eigenvalue weighted by molar-refractivity contribution is 5.83. The summed E-state index contributed by atoms with van der Waals surface area (Å²) in [5, 5.41) is 13.3. The number of benzene rings is 1. The number of nitrogens with one attached hydrogen (secondary N) is 1. The Morgan fingerprint density at radius 2 is 1.80 bits per heavy atom. The minimum Gasteiger partial charge on any atom is -0.388 e. The highest BCUT2D eigenvalue weighted by atomic mass is 19.4. The van der Waals surface area contributed by atoms with Gasteiger partial charge in [-0.1, -0.05) is 43.9 Å². The molecule has 0 spiro atoms. The molecule has 3 nitrogen and oxygen atoms in total. The monoisotopic (exact) mass is 355 g/mol. The molecule has 1 amide bonds. The van der Waals surface area contributed by atoms with Gasteiger partial charge in [0, 0.05) is 12.5 Å². The Morgan fingerprint density at radius 1 is 1.16 bits per heavy atom. The first-order chi connectivity index (χ1) is 11.8. The van der Waals surface area contributed by atoms with Crippen LogP contribution in [0.2, 0.25) is 0 Å². The summed E-state index contributed by atoms with van der Waals surface area (Å²) >= 11 is 0. The molecule has 1 aromatic carbocycles. The average molecular weight is 355 g/mol. The molecule has 1 aromatic rings. The summed E-state index contributed by atoms with van der Waals surface area (Å²) in [6.45, 7) is 0.190. The van der Waals surface area contributed by atoms with Gasteiger partial charge in [-0.15, -0.1) is 0 Å². The fourth-order valence-electron chi connectivity index (χ4n) is 3.85. The maximum Gasteiger partial charge on any atom is 0.416 e. The largest absolute Gasteiger partial charge is 0.416 e. The van der Waals surface area contributed by atoms with Crippen molar-refractivity contribution in [3.63, 3.8) is 0 Å². The molecule has 0 heterocycles. The summed E-state index contributed by atoms with van der Waals surface area (Å²) in [6, 6.07) is 5.47. The molecule has 2 unspecified atom stereocenters. The normalized spacial score (nSPS) is 25.9. The van der Waals surface area contributed by atoms with E-state index in [2.05, 4.69) is 5.32 Å². The predicted molar refractivity (Wildman–Crippen MR) is 88.0 cm³/mol. The number of rotatable bonds is 4. The van der Waals surface area contributed by atoms with Crippen molar-refractivity contribution < 1.29 is 23.1 Å². The van der Waals surface area contributed by atoms with Crippen molar-refractivity contribution in [2.24, 2.45) is 5.92 Å². The number of aliphatic hydroxyl groups is 1. The smallest absolute Gasteiger partial charge is 0.388 e. The SMILES string of the molecule is O=C(NCC1(O)CCCCCC1)C1CC1c1ccccc1C(F)(F)F. The van der Waals surface area contributed by atoms with Crippen LogP contribution in [0, 0.1) is 5.92 Å². The third kappa shape index (κ3) is 4.35. The first-order valence-electron chi connectivity index (χ1n) is 8.96. The van der Waals surface area contributed by atoms with Gasteiger partial charge in [-0.05, 0) is 36.8 Å². The highest BCUT2D eigenvalue weighted by Gasteiger charge is 2.48. The van der Waals surface area contributed by atoms with Crippen LogP contribution in [0.15, 0.2) is 24.3 Å². The van der Waals surface area contributed by atoms with Crippen LogP contribution in [0.4, 0.5) is 13.2 Å². The molecule has 6 heteroatoms. The van der Waals surface area contributed by atoms with Gasteiger partial charge in [-0.3, -0.25) is 4.79 Å². The summed E-state index contributed by atoms with van der Waals surface area (Å²) in [5.74, 6) is -1.07. The zero-order valence-electron chi connectivity index (χ0n) is 14.1. The van der Waals surface area contributed by atoms with Gasteiger partial charge in [0.05, 0.1) is 11.2 Å². The second-order valence-electron chi connectivity index (χ2n) is 7.39. The van der Waals surface area contributed by atoms with E-state index in [1.807, 2.05) is 0 Å². The maximum absolute atomic E-state index is 13.1. The van der Waals surface area contributed by atoms with E-state index < -0.39 is 23.3 Å². The van der Waals surface area contributed by atoms with E-state index in [0.29, 0.717) is 19.3 Å². The maximum atomic E-state index is 13.1. The summed E-state index contributed by atoms with van der Waals surface area (Å²) in [6.07, 6.45) is 1.42. The molecule has 2 fully saturated rings. The van der Waals surface area contributed by atoms with Gasteiger partial charge >= 0.3 is 6.18 Å². The van der Waals surface area contributed by atoms with Crippen molar-refractivity contribution in [2.75, 3.05) is 6.54 Å². The number of alkyl halides is 3. The number of halogens is 3. The number of carbonyl (C=O) groups excluding carboxylic acids is 1. The van der Waals surface area contributed by atoms with Gasteiger partial charge in [0.2, 0.25) is 5.91 Å². The lowest BCUT2D eigenvalue weighted by Gasteiger charge is -2.26. The summed E-state index contributed by atoms with van der Waals surface area (Å²) in [5.41, 5.74) is -1.33. The van der Waals surface area contributed by atoms with Crippen molar-refractivity contribution in [1.29, 1.82) is 0 Å². The van der Waals surface area contributed by atoms with Crippen LogP contribution in [0.5, 0.6) is 0 Å². The van der Waals surface area contributed by atoms with Gasteiger partial charge in [-0.25, -0.2) is 0 Å². The first kappa shape index (κ1) is 18.2. The van der Waals surface area contributed by atoms with Crippen LogP contribution in [0.25, 0.3) is 0 Å². The number of amides is 1. The molecule has 0 radical (unpaired) electrons. The standard InChI is InChI=1S/C19H24F3NO2/c20-19(21,22)16-8-4-3-7-13(16)14-11-15(14)17(24)23-12-18(25)9-5-1-2-6-10-18/h3-4,7-8,14-15,25H,1-2,5-6,9-12H2,(H,23,24).